The van der Waals surface area contributed by atoms with E-state index in [1.165, 1.54) is 6.07 Å². The maximum atomic E-state index is 13.3. The number of hydrogen-bond donors (Lipinski definition) is 1. The Bertz CT molecular complexity index is 849. The number of hydrogen-bond acceptors (Lipinski definition) is 5. The van der Waals surface area contributed by atoms with Crippen LogP contribution in [0.15, 0.2) is 29.2 Å². The number of amides is 1. The summed E-state index contributed by atoms with van der Waals surface area (Å²) in [5.74, 6) is -1.39. The predicted molar refractivity (Wildman–Crippen MR) is 93.8 cm³/mol. The molecule has 0 spiro atoms. The van der Waals surface area contributed by atoms with Gasteiger partial charge >= 0.3 is 6.18 Å². The summed E-state index contributed by atoms with van der Waals surface area (Å²) in [6.45, 7) is 1.89. The smallest absolute Gasteiger partial charge is 0.377 e. The van der Waals surface area contributed by atoms with Gasteiger partial charge in [-0.3, -0.25) is 4.79 Å². The molecular weight excluding hydrogens is 397 g/mol. The molecule has 1 aromatic carbocycles. The van der Waals surface area contributed by atoms with Gasteiger partial charge in [-0.15, -0.1) is 0 Å². The largest absolute Gasteiger partial charge is 0.417 e. The maximum absolute atomic E-state index is 13.3. The van der Waals surface area contributed by atoms with Crippen molar-refractivity contribution in [2.24, 2.45) is 5.92 Å². The summed E-state index contributed by atoms with van der Waals surface area (Å²) in [5, 5.41) is 9.79. The second-order valence-electron chi connectivity index (χ2n) is 6.52. The van der Waals surface area contributed by atoms with Crippen LogP contribution in [-0.2, 0) is 25.5 Å². The van der Waals surface area contributed by atoms with Crippen molar-refractivity contribution in [1.29, 1.82) is 5.26 Å². The zero-order chi connectivity index (χ0) is 20.9. The second kappa shape index (κ2) is 8.92. The number of nitrogens with one attached hydrogen (secondary N) is 1. The number of nitriles is 1. The molecule has 0 unspecified atom stereocenters. The van der Waals surface area contributed by atoms with Crippen molar-refractivity contribution in [2.45, 2.75) is 48.6 Å². The van der Waals surface area contributed by atoms with Gasteiger partial charge in [-0.25, -0.2) is 8.42 Å². The van der Waals surface area contributed by atoms with Gasteiger partial charge in [0.05, 0.1) is 33.8 Å². The third kappa shape index (κ3) is 4.83. The third-order valence-electron chi connectivity index (χ3n) is 4.61. The van der Waals surface area contributed by atoms with Crippen molar-refractivity contribution in [3.05, 3.63) is 29.8 Å². The molecule has 2 rings (SSSR count). The Balaban J connectivity index is 2.34. The Morgan fingerprint density at radius 3 is 2.61 bits per heavy atom. The SMILES string of the molecule is CCCO[C@@H]1C[C@H](S(=O)(=O)c2ccccc2C(F)(F)F)C[C@H]1C(=O)NCC#N. The molecule has 0 aromatic heterocycles. The van der Waals surface area contributed by atoms with Crippen LogP contribution >= 0.6 is 0 Å². The highest BCUT2D eigenvalue weighted by Crippen LogP contribution is 2.40. The van der Waals surface area contributed by atoms with Gasteiger partial charge in [0.2, 0.25) is 5.91 Å². The molecule has 10 heteroatoms. The van der Waals surface area contributed by atoms with Crippen LogP contribution in [0.4, 0.5) is 13.2 Å². The topological polar surface area (TPSA) is 96.3 Å². The third-order valence-corrected chi connectivity index (χ3v) is 6.84. The lowest BCUT2D eigenvalue weighted by molar-refractivity contribution is -0.139. The van der Waals surface area contributed by atoms with Gasteiger partial charge < -0.3 is 10.1 Å². The number of carbonyl (C=O) groups excluding carboxylic acids is 1. The van der Waals surface area contributed by atoms with E-state index < -0.39 is 49.7 Å². The number of carbonyl (C=O) groups is 1. The van der Waals surface area contributed by atoms with Gasteiger partial charge in [0.1, 0.15) is 6.54 Å². The molecule has 1 amide bonds. The van der Waals surface area contributed by atoms with E-state index in [0.717, 1.165) is 18.2 Å². The molecular formula is C18H21F3N2O4S. The molecule has 1 aliphatic rings. The number of nitrogens with zero attached hydrogens (tertiary/aromatic N) is 1. The molecule has 1 fully saturated rings. The first-order valence-electron chi connectivity index (χ1n) is 8.79. The van der Waals surface area contributed by atoms with Crippen LogP contribution in [0.2, 0.25) is 0 Å². The normalized spacial score (nSPS) is 22.6. The van der Waals surface area contributed by atoms with Gasteiger partial charge in [0.15, 0.2) is 9.84 Å². The average Bonchev–Trinajstić information content (AvgIpc) is 3.09. The van der Waals surface area contributed by atoms with Crippen LogP contribution < -0.4 is 5.32 Å². The molecule has 154 valence electrons. The fraction of sp³-hybridized carbons (Fsp3) is 0.556. The van der Waals surface area contributed by atoms with Gasteiger partial charge in [-0.05, 0) is 31.4 Å². The summed E-state index contributed by atoms with van der Waals surface area (Å²) in [5.41, 5.74) is -1.22. The van der Waals surface area contributed by atoms with E-state index in [0.29, 0.717) is 13.0 Å². The molecule has 0 bridgehead atoms. The molecule has 1 aromatic rings. The highest BCUT2D eigenvalue weighted by atomic mass is 32.2. The Morgan fingerprint density at radius 2 is 2.00 bits per heavy atom. The maximum Gasteiger partial charge on any atom is 0.417 e. The van der Waals surface area contributed by atoms with Crippen LogP contribution in [-0.4, -0.2) is 38.8 Å². The fourth-order valence-corrected chi connectivity index (χ4v) is 5.34. The number of benzene rings is 1. The van der Waals surface area contributed by atoms with Gasteiger partial charge in [-0.2, -0.15) is 18.4 Å². The van der Waals surface area contributed by atoms with E-state index in [4.69, 9.17) is 10.00 Å². The van der Waals surface area contributed by atoms with Crippen LogP contribution in [0.5, 0.6) is 0 Å². The van der Waals surface area contributed by atoms with E-state index >= 15 is 0 Å². The van der Waals surface area contributed by atoms with Crippen LogP contribution in [0.1, 0.15) is 31.7 Å². The quantitative estimate of drug-likeness (QED) is 0.687. The van der Waals surface area contributed by atoms with E-state index in [-0.39, 0.29) is 19.4 Å². The van der Waals surface area contributed by atoms with Crippen molar-refractivity contribution < 1.29 is 31.1 Å². The second-order valence-corrected chi connectivity index (χ2v) is 8.72. The monoisotopic (exact) mass is 418 g/mol. The standard InChI is InChI=1S/C18H21F3N2O4S/c1-2-9-27-15-11-12(10-13(15)17(24)23-8-7-22)28(25,26)16-6-4-3-5-14(16)18(19,20)21/h3-6,12-13,15H,2,8-11H2,1H3,(H,23,24)/t12-,13-,15-/m1/s1. The molecule has 0 radical (unpaired) electrons. The summed E-state index contributed by atoms with van der Waals surface area (Å²) in [6.07, 6.45) is -5.17. The van der Waals surface area contributed by atoms with Crippen molar-refractivity contribution in [2.75, 3.05) is 13.2 Å². The number of alkyl halides is 3. The van der Waals surface area contributed by atoms with Crippen molar-refractivity contribution in [3.8, 4) is 6.07 Å². The summed E-state index contributed by atoms with van der Waals surface area (Å²) < 4.78 is 71.3. The number of sulfone groups is 1. The molecule has 0 heterocycles. The summed E-state index contributed by atoms with van der Waals surface area (Å²) in [7, 11) is -4.34. The Morgan fingerprint density at radius 1 is 1.32 bits per heavy atom. The molecule has 28 heavy (non-hydrogen) atoms. The number of halogens is 3. The van der Waals surface area contributed by atoms with Crippen LogP contribution in [0.25, 0.3) is 0 Å². The fourth-order valence-electron chi connectivity index (χ4n) is 3.32. The summed E-state index contributed by atoms with van der Waals surface area (Å²) >= 11 is 0. The first-order valence-corrected chi connectivity index (χ1v) is 10.3. The molecule has 0 saturated heterocycles. The number of rotatable bonds is 7. The minimum atomic E-state index is -4.82. The zero-order valence-electron chi connectivity index (χ0n) is 15.2. The Hall–Kier alpha value is -2.12. The molecule has 1 aliphatic carbocycles. The lowest BCUT2D eigenvalue weighted by Gasteiger charge is -2.18. The minimum Gasteiger partial charge on any atom is -0.377 e. The van der Waals surface area contributed by atoms with Crippen molar-refractivity contribution >= 4 is 15.7 Å². The molecule has 1 saturated carbocycles. The van der Waals surface area contributed by atoms with E-state index in [1.54, 1.807) is 6.07 Å². The lowest BCUT2D eigenvalue weighted by Crippen LogP contribution is -2.36. The van der Waals surface area contributed by atoms with Crippen LogP contribution in [0, 0.1) is 17.2 Å². The highest BCUT2D eigenvalue weighted by Gasteiger charge is 2.47. The minimum absolute atomic E-state index is 0.0842. The first kappa shape index (κ1) is 22.2. The van der Waals surface area contributed by atoms with E-state index in [1.807, 2.05) is 6.92 Å². The molecule has 6 nitrogen and oxygen atoms in total. The summed E-state index contributed by atoms with van der Waals surface area (Å²) in [6, 6.07) is 5.78. The lowest BCUT2D eigenvalue weighted by atomic mass is 10.1. The molecule has 0 aliphatic heterocycles. The molecule has 1 N–H and O–H groups in total. The van der Waals surface area contributed by atoms with Gasteiger partial charge in [-0.1, -0.05) is 19.1 Å². The summed E-state index contributed by atoms with van der Waals surface area (Å²) in [4.78, 5) is 11.5. The van der Waals surface area contributed by atoms with Gasteiger partial charge in [0, 0.05) is 6.61 Å². The predicted octanol–water partition coefficient (Wildman–Crippen LogP) is 2.69. The average molecular weight is 418 g/mol. The number of ether oxygens (including phenoxy) is 1. The zero-order valence-corrected chi connectivity index (χ0v) is 16.0. The van der Waals surface area contributed by atoms with Crippen molar-refractivity contribution in [3.63, 3.8) is 0 Å². The van der Waals surface area contributed by atoms with Crippen molar-refractivity contribution in [1.82, 2.24) is 5.32 Å². The molecule has 3 atom stereocenters. The first-order chi connectivity index (χ1) is 13.1. The highest BCUT2D eigenvalue weighted by molar-refractivity contribution is 7.92. The van der Waals surface area contributed by atoms with E-state index in [9.17, 15) is 26.4 Å². The Labute approximate surface area is 161 Å². The van der Waals surface area contributed by atoms with Gasteiger partial charge in [0.25, 0.3) is 0 Å². The Kier molecular flexibility index (Phi) is 7.06. The van der Waals surface area contributed by atoms with Crippen LogP contribution in [0.3, 0.4) is 0 Å². The van der Waals surface area contributed by atoms with E-state index in [2.05, 4.69) is 5.32 Å².